The first-order valence-corrected chi connectivity index (χ1v) is 5.15. The molecule has 1 aliphatic rings. The zero-order valence-electron chi connectivity index (χ0n) is 8.86. The molecule has 1 saturated heterocycles. The fraction of sp³-hybridized carbons (Fsp3) is 0.900. The lowest BCUT2D eigenvalue weighted by Gasteiger charge is -2.39. The Bertz CT molecular complexity index is 215. The molecule has 1 aliphatic heterocycles. The predicted octanol–water partition coefficient (Wildman–Crippen LogP) is 0.696. The van der Waals surface area contributed by atoms with E-state index in [0.717, 1.165) is 19.4 Å². The number of rotatable bonds is 3. The molecule has 1 rings (SSSR count). The number of piperidine rings is 1. The van der Waals surface area contributed by atoms with Gasteiger partial charge in [0.25, 0.3) is 0 Å². The van der Waals surface area contributed by atoms with E-state index in [9.17, 15) is 9.90 Å². The molecule has 0 amide bonds. The summed E-state index contributed by atoms with van der Waals surface area (Å²) in [4.78, 5) is 12.8. The second-order valence-corrected chi connectivity index (χ2v) is 4.33. The van der Waals surface area contributed by atoms with Crippen LogP contribution in [0.1, 0.15) is 33.1 Å². The molecule has 4 nitrogen and oxygen atoms in total. The number of likely N-dealkylation sites (tertiary alicyclic amines) is 1. The molecular formula is C10H19NO3. The average molecular weight is 201 g/mol. The second-order valence-electron chi connectivity index (χ2n) is 4.33. The Morgan fingerprint density at radius 3 is 2.71 bits per heavy atom. The molecule has 2 unspecified atom stereocenters. The van der Waals surface area contributed by atoms with Gasteiger partial charge in [-0.15, -0.1) is 0 Å². The Morgan fingerprint density at radius 2 is 2.29 bits per heavy atom. The maximum absolute atomic E-state index is 10.9. The van der Waals surface area contributed by atoms with Gasteiger partial charge in [0.2, 0.25) is 0 Å². The largest absolute Gasteiger partial charge is 0.480 e. The summed E-state index contributed by atoms with van der Waals surface area (Å²) in [6.07, 6.45) is 2.22. The Labute approximate surface area is 84.5 Å². The monoisotopic (exact) mass is 201 g/mol. The smallest absolute Gasteiger partial charge is 0.320 e. The van der Waals surface area contributed by atoms with Crippen molar-refractivity contribution in [1.82, 2.24) is 4.90 Å². The summed E-state index contributed by atoms with van der Waals surface area (Å²) in [6.45, 7) is 4.88. The van der Waals surface area contributed by atoms with E-state index in [4.69, 9.17) is 5.11 Å². The van der Waals surface area contributed by atoms with Gasteiger partial charge in [-0.25, -0.2) is 0 Å². The van der Waals surface area contributed by atoms with Crippen molar-refractivity contribution < 1.29 is 15.0 Å². The van der Waals surface area contributed by atoms with Crippen molar-refractivity contribution in [3.05, 3.63) is 0 Å². The summed E-state index contributed by atoms with van der Waals surface area (Å²) in [7, 11) is 0. The van der Waals surface area contributed by atoms with E-state index < -0.39 is 17.6 Å². The highest BCUT2D eigenvalue weighted by molar-refractivity contribution is 5.73. The van der Waals surface area contributed by atoms with Gasteiger partial charge in [0, 0.05) is 6.54 Å². The van der Waals surface area contributed by atoms with Crippen molar-refractivity contribution >= 4 is 5.97 Å². The second kappa shape index (κ2) is 4.28. The van der Waals surface area contributed by atoms with Gasteiger partial charge in [0.15, 0.2) is 0 Å². The number of β-amino-alcohol motifs (C(OH)–C–C–N with tert-alkyl or cyclic N) is 1. The van der Waals surface area contributed by atoms with Gasteiger partial charge in [0.05, 0.1) is 5.60 Å². The number of nitrogens with zero attached hydrogens (tertiary/aromatic N) is 1. The summed E-state index contributed by atoms with van der Waals surface area (Å²) in [5, 5.41) is 18.8. The third-order valence-corrected chi connectivity index (χ3v) is 2.82. The standard InChI is InChI=1S/C10H19NO3/c1-3-8(9(12)13)11-6-4-5-10(2,14)7-11/h8,14H,3-7H2,1-2H3,(H,12,13). The fourth-order valence-corrected chi connectivity index (χ4v) is 2.11. The van der Waals surface area contributed by atoms with Crippen molar-refractivity contribution in [2.75, 3.05) is 13.1 Å². The van der Waals surface area contributed by atoms with Crippen LogP contribution in [-0.4, -0.2) is 45.8 Å². The molecule has 82 valence electrons. The third kappa shape index (κ3) is 2.69. The lowest BCUT2D eigenvalue weighted by Crippen LogP contribution is -2.52. The number of carboxylic acid groups (broad SMARTS) is 1. The Hall–Kier alpha value is -0.610. The van der Waals surface area contributed by atoms with E-state index in [1.54, 1.807) is 6.92 Å². The van der Waals surface area contributed by atoms with Crippen molar-refractivity contribution in [2.24, 2.45) is 0 Å². The predicted molar refractivity (Wildman–Crippen MR) is 53.1 cm³/mol. The summed E-state index contributed by atoms with van der Waals surface area (Å²) < 4.78 is 0. The van der Waals surface area contributed by atoms with E-state index in [1.165, 1.54) is 0 Å². The first kappa shape index (κ1) is 11.5. The van der Waals surface area contributed by atoms with Crippen molar-refractivity contribution in [3.63, 3.8) is 0 Å². The maximum atomic E-state index is 10.9. The molecule has 0 aromatic rings. The molecule has 0 aromatic heterocycles. The Balaban J connectivity index is 2.62. The quantitative estimate of drug-likeness (QED) is 0.705. The van der Waals surface area contributed by atoms with Crippen molar-refractivity contribution in [1.29, 1.82) is 0 Å². The van der Waals surface area contributed by atoms with E-state index in [1.807, 2.05) is 11.8 Å². The van der Waals surface area contributed by atoms with Crippen molar-refractivity contribution in [2.45, 2.75) is 44.8 Å². The SMILES string of the molecule is CCC(C(=O)O)N1CCCC(C)(O)C1. The van der Waals surface area contributed by atoms with E-state index in [0.29, 0.717) is 13.0 Å². The zero-order chi connectivity index (χ0) is 10.8. The number of hydrogen-bond donors (Lipinski definition) is 2. The molecule has 2 N–H and O–H groups in total. The van der Waals surface area contributed by atoms with Crippen LogP contribution in [0.3, 0.4) is 0 Å². The molecule has 0 aliphatic carbocycles. The summed E-state index contributed by atoms with van der Waals surface area (Å²) in [6, 6.07) is -0.443. The van der Waals surface area contributed by atoms with Crippen LogP contribution < -0.4 is 0 Å². The van der Waals surface area contributed by atoms with Crippen LogP contribution in [0.25, 0.3) is 0 Å². The lowest BCUT2D eigenvalue weighted by molar-refractivity contribution is -0.146. The normalized spacial score (nSPS) is 31.4. The number of carboxylic acids is 1. The van der Waals surface area contributed by atoms with Gasteiger partial charge in [-0.1, -0.05) is 6.92 Å². The molecule has 1 fully saturated rings. The highest BCUT2D eigenvalue weighted by atomic mass is 16.4. The Morgan fingerprint density at radius 1 is 1.64 bits per heavy atom. The summed E-state index contributed by atoms with van der Waals surface area (Å²) in [5.74, 6) is -0.787. The number of aliphatic hydroxyl groups is 1. The summed E-state index contributed by atoms with van der Waals surface area (Å²) in [5.41, 5.74) is -0.721. The molecule has 4 heteroatoms. The van der Waals surface area contributed by atoms with Crippen LogP contribution in [-0.2, 0) is 4.79 Å². The van der Waals surface area contributed by atoms with Gasteiger partial charge in [-0.05, 0) is 32.7 Å². The van der Waals surface area contributed by atoms with Crippen LogP contribution in [0, 0.1) is 0 Å². The van der Waals surface area contributed by atoms with Gasteiger partial charge >= 0.3 is 5.97 Å². The zero-order valence-corrected chi connectivity index (χ0v) is 8.86. The molecule has 0 spiro atoms. The molecule has 14 heavy (non-hydrogen) atoms. The average Bonchev–Trinajstić information content (AvgIpc) is 2.02. The minimum absolute atomic E-state index is 0.443. The minimum Gasteiger partial charge on any atom is -0.480 e. The van der Waals surface area contributed by atoms with Crippen LogP contribution in [0.2, 0.25) is 0 Å². The lowest BCUT2D eigenvalue weighted by atomic mass is 9.93. The summed E-state index contributed by atoms with van der Waals surface area (Å²) >= 11 is 0. The molecular weight excluding hydrogens is 182 g/mol. The van der Waals surface area contributed by atoms with Gasteiger partial charge < -0.3 is 10.2 Å². The van der Waals surface area contributed by atoms with Gasteiger partial charge in [0.1, 0.15) is 6.04 Å². The van der Waals surface area contributed by atoms with Crippen LogP contribution in [0.15, 0.2) is 0 Å². The highest BCUT2D eigenvalue weighted by Crippen LogP contribution is 2.22. The number of carbonyl (C=O) groups is 1. The topological polar surface area (TPSA) is 60.8 Å². The van der Waals surface area contributed by atoms with Crippen LogP contribution in [0.5, 0.6) is 0 Å². The van der Waals surface area contributed by atoms with Crippen LogP contribution in [0.4, 0.5) is 0 Å². The van der Waals surface area contributed by atoms with Gasteiger partial charge in [-0.3, -0.25) is 9.69 Å². The molecule has 0 radical (unpaired) electrons. The third-order valence-electron chi connectivity index (χ3n) is 2.82. The van der Waals surface area contributed by atoms with Crippen molar-refractivity contribution in [3.8, 4) is 0 Å². The highest BCUT2D eigenvalue weighted by Gasteiger charge is 2.34. The van der Waals surface area contributed by atoms with Gasteiger partial charge in [-0.2, -0.15) is 0 Å². The van der Waals surface area contributed by atoms with E-state index >= 15 is 0 Å². The Kier molecular flexibility index (Phi) is 3.50. The first-order valence-electron chi connectivity index (χ1n) is 5.15. The number of aliphatic carboxylic acids is 1. The van der Waals surface area contributed by atoms with E-state index in [-0.39, 0.29) is 0 Å². The maximum Gasteiger partial charge on any atom is 0.320 e. The molecule has 0 saturated carbocycles. The number of hydrogen-bond acceptors (Lipinski definition) is 3. The first-order chi connectivity index (χ1) is 6.46. The molecule has 1 heterocycles. The van der Waals surface area contributed by atoms with E-state index in [2.05, 4.69) is 0 Å². The fourth-order valence-electron chi connectivity index (χ4n) is 2.11. The molecule has 2 atom stereocenters. The van der Waals surface area contributed by atoms with Crippen LogP contribution >= 0.6 is 0 Å². The minimum atomic E-state index is -0.787. The molecule has 0 aromatic carbocycles. The molecule has 0 bridgehead atoms.